The van der Waals surface area contributed by atoms with Gasteiger partial charge in [-0.2, -0.15) is 0 Å². The summed E-state index contributed by atoms with van der Waals surface area (Å²) in [5.74, 6) is 2.52. The predicted molar refractivity (Wildman–Crippen MR) is 47.4 cm³/mol. The van der Waals surface area contributed by atoms with Gasteiger partial charge in [0.05, 0.1) is 12.1 Å². The van der Waals surface area contributed by atoms with Gasteiger partial charge in [0.15, 0.2) is 0 Å². The maximum atomic E-state index is 5.23. The molecule has 64 valence electrons. The third-order valence-corrected chi connectivity index (χ3v) is 1.68. The molecule has 0 aromatic carbocycles. The maximum Gasteiger partial charge on any atom is 0.0634 e. The molecule has 0 aliphatic rings. The standard InChI is InChI=1S/C9H17NO/c1-5-7-10-8-6-9(2,3)11-4/h1,10H,6-8H2,2-4H3. The van der Waals surface area contributed by atoms with Crippen molar-refractivity contribution < 1.29 is 4.74 Å². The Morgan fingerprint density at radius 3 is 2.64 bits per heavy atom. The smallest absolute Gasteiger partial charge is 0.0634 e. The lowest BCUT2D eigenvalue weighted by molar-refractivity contribution is 0.0161. The van der Waals surface area contributed by atoms with E-state index >= 15 is 0 Å². The first kappa shape index (κ1) is 10.5. The summed E-state index contributed by atoms with van der Waals surface area (Å²) in [5, 5.41) is 3.11. The summed E-state index contributed by atoms with van der Waals surface area (Å²) in [6.45, 7) is 5.67. The molecule has 0 aliphatic carbocycles. The molecule has 1 N–H and O–H groups in total. The van der Waals surface area contributed by atoms with Crippen molar-refractivity contribution in [3.8, 4) is 12.3 Å². The Bertz CT molecular complexity index is 135. The highest BCUT2D eigenvalue weighted by molar-refractivity contribution is 4.86. The number of methoxy groups -OCH3 is 1. The van der Waals surface area contributed by atoms with E-state index in [1.807, 2.05) is 0 Å². The van der Waals surface area contributed by atoms with E-state index in [4.69, 9.17) is 11.2 Å². The minimum Gasteiger partial charge on any atom is -0.379 e. The Labute approximate surface area is 69.3 Å². The van der Waals surface area contributed by atoms with E-state index < -0.39 is 0 Å². The summed E-state index contributed by atoms with van der Waals surface area (Å²) in [4.78, 5) is 0. The summed E-state index contributed by atoms with van der Waals surface area (Å²) in [5.41, 5.74) is -0.0401. The van der Waals surface area contributed by atoms with E-state index in [2.05, 4.69) is 25.1 Å². The van der Waals surface area contributed by atoms with Crippen molar-refractivity contribution in [2.45, 2.75) is 25.9 Å². The van der Waals surface area contributed by atoms with E-state index in [1.165, 1.54) is 0 Å². The maximum absolute atomic E-state index is 5.23. The number of hydrogen-bond acceptors (Lipinski definition) is 2. The van der Waals surface area contributed by atoms with E-state index in [1.54, 1.807) is 7.11 Å². The number of terminal acetylenes is 1. The number of ether oxygens (including phenoxy) is 1. The molecule has 0 unspecified atom stereocenters. The molecule has 2 heteroatoms. The van der Waals surface area contributed by atoms with Crippen LogP contribution in [0.15, 0.2) is 0 Å². The molecule has 0 aromatic heterocycles. The average molecular weight is 155 g/mol. The molecule has 0 saturated heterocycles. The van der Waals surface area contributed by atoms with Gasteiger partial charge in [-0.3, -0.25) is 0 Å². The van der Waals surface area contributed by atoms with Crippen LogP contribution in [0.1, 0.15) is 20.3 Å². The van der Waals surface area contributed by atoms with Crippen LogP contribution in [0, 0.1) is 12.3 Å². The Kier molecular flexibility index (Phi) is 4.93. The number of nitrogens with one attached hydrogen (secondary N) is 1. The van der Waals surface area contributed by atoms with Crippen molar-refractivity contribution in [2.24, 2.45) is 0 Å². The van der Waals surface area contributed by atoms with Gasteiger partial charge in [0.25, 0.3) is 0 Å². The highest BCUT2D eigenvalue weighted by Gasteiger charge is 2.14. The average Bonchev–Trinajstić information content (AvgIpc) is 1.99. The van der Waals surface area contributed by atoms with Crippen LogP contribution in [0.4, 0.5) is 0 Å². The summed E-state index contributed by atoms with van der Waals surface area (Å²) in [7, 11) is 1.72. The van der Waals surface area contributed by atoms with Crippen molar-refractivity contribution in [3.05, 3.63) is 0 Å². The van der Waals surface area contributed by atoms with Gasteiger partial charge < -0.3 is 10.1 Å². The van der Waals surface area contributed by atoms with Crippen molar-refractivity contribution in [1.82, 2.24) is 5.32 Å². The first-order valence-corrected chi connectivity index (χ1v) is 3.82. The minimum atomic E-state index is -0.0401. The molecule has 0 rings (SSSR count). The van der Waals surface area contributed by atoms with E-state index in [0.29, 0.717) is 6.54 Å². The van der Waals surface area contributed by atoms with Crippen molar-refractivity contribution in [1.29, 1.82) is 0 Å². The first-order chi connectivity index (χ1) is 5.12. The second-order valence-corrected chi connectivity index (χ2v) is 3.09. The lowest BCUT2D eigenvalue weighted by Crippen LogP contribution is -2.28. The quantitative estimate of drug-likeness (QED) is 0.473. The van der Waals surface area contributed by atoms with Gasteiger partial charge in [-0.05, 0) is 26.8 Å². The molecule has 0 radical (unpaired) electrons. The van der Waals surface area contributed by atoms with Crippen LogP contribution in [-0.2, 0) is 4.74 Å². The largest absolute Gasteiger partial charge is 0.379 e. The van der Waals surface area contributed by atoms with E-state index in [-0.39, 0.29) is 5.60 Å². The number of hydrogen-bond donors (Lipinski definition) is 1. The van der Waals surface area contributed by atoms with Gasteiger partial charge in [-0.25, -0.2) is 0 Å². The van der Waals surface area contributed by atoms with Gasteiger partial charge in [-0.1, -0.05) is 5.92 Å². The lowest BCUT2D eigenvalue weighted by Gasteiger charge is -2.22. The highest BCUT2D eigenvalue weighted by Crippen LogP contribution is 2.10. The van der Waals surface area contributed by atoms with E-state index in [0.717, 1.165) is 13.0 Å². The Balaban J connectivity index is 3.32. The van der Waals surface area contributed by atoms with E-state index in [9.17, 15) is 0 Å². The zero-order chi connectivity index (χ0) is 8.74. The van der Waals surface area contributed by atoms with Gasteiger partial charge in [0, 0.05) is 7.11 Å². The fourth-order valence-electron chi connectivity index (χ4n) is 0.652. The highest BCUT2D eigenvalue weighted by atomic mass is 16.5. The molecule has 0 atom stereocenters. The Morgan fingerprint density at radius 2 is 2.18 bits per heavy atom. The fraction of sp³-hybridized carbons (Fsp3) is 0.778. The summed E-state index contributed by atoms with van der Waals surface area (Å²) in [6.07, 6.45) is 6.04. The number of rotatable bonds is 5. The van der Waals surface area contributed by atoms with Crippen LogP contribution in [0.5, 0.6) is 0 Å². The van der Waals surface area contributed by atoms with Gasteiger partial charge in [0.2, 0.25) is 0 Å². The van der Waals surface area contributed by atoms with Crippen LogP contribution in [-0.4, -0.2) is 25.8 Å². The molecular formula is C9H17NO. The molecule has 0 aromatic rings. The minimum absolute atomic E-state index is 0.0401. The third kappa shape index (κ3) is 5.90. The predicted octanol–water partition coefficient (Wildman–Crippen LogP) is 1.02. The zero-order valence-electron chi connectivity index (χ0n) is 7.61. The van der Waals surface area contributed by atoms with Crippen LogP contribution in [0.2, 0.25) is 0 Å². The first-order valence-electron chi connectivity index (χ1n) is 3.82. The third-order valence-electron chi connectivity index (χ3n) is 1.68. The van der Waals surface area contributed by atoms with Gasteiger partial charge in [0.1, 0.15) is 0 Å². The normalized spacial score (nSPS) is 11.1. The van der Waals surface area contributed by atoms with Crippen LogP contribution < -0.4 is 5.32 Å². The summed E-state index contributed by atoms with van der Waals surface area (Å²) in [6, 6.07) is 0. The van der Waals surface area contributed by atoms with Crippen LogP contribution in [0.25, 0.3) is 0 Å². The SMILES string of the molecule is C#CCNCCC(C)(C)OC. The molecule has 0 spiro atoms. The summed E-state index contributed by atoms with van der Waals surface area (Å²) >= 11 is 0. The van der Waals surface area contributed by atoms with Gasteiger partial charge >= 0.3 is 0 Å². The van der Waals surface area contributed by atoms with Crippen molar-refractivity contribution in [2.75, 3.05) is 20.2 Å². The second-order valence-electron chi connectivity index (χ2n) is 3.09. The second kappa shape index (κ2) is 5.17. The Morgan fingerprint density at radius 1 is 1.55 bits per heavy atom. The van der Waals surface area contributed by atoms with Crippen LogP contribution in [0.3, 0.4) is 0 Å². The molecule has 0 bridgehead atoms. The lowest BCUT2D eigenvalue weighted by atomic mass is 10.1. The van der Waals surface area contributed by atoms with Crippen molar-refractivity contribution >= 4 is 0 Å². The molecule has 0 heterocycles. The Hall–Kier alpha value is -0.520. The molecule has 2 nitrogen and oxygen atoms in total. The molecule has 0 aliphatic heterocycles. The molecule has 0 saturated carbocycles. The topological polar surface area (TPSA) is 21.3 Å². The fourth-order valence-corrected chi connectivity index (χ4v) is 0.652. The van der Waals surface area contributed by atoms with Crippen molar-refractivity contribution in [3.63, 3.8) is 0 Å². The molecule has 0 fully saturated rings. The van der Waals surface area contributed by atoms with Gasteiger partial charge in [-0.15, -0.1) is 6.42 Å². The zero-order valence-corrected chi connectivity index (χ0v) is 7.61. The van der Waals surface area contributed by atoms with Crippen LogP contribution >= 0.6 is 0 Å². The molecule has 11 heavy (non-hydrogen) atoms. The monoisotopic (exact) mass is 155 g/mol. The summed E-state index contributed by atoms with van der Waals surface area (Å²) < 4.78 is 5.23. The molecule has 0 amide bonds. The molecular weight excluding hydrogens is 138 g/mol.